The summed E-state index contributed by atoms with van der Waals surface area (Å²) in [6, 6.07) is 26.6. The number of phenolic OH excluding ortho intramolecular Hbond substituents is 1. The van der Waals surface area contributed by atoms with Gasteiger partial charge in [-0.25, -0.2) is 5.21 Å². The number of methoxy groups -OCH3 is 1. The van der Waals surface area contributed by atoms with E-state index in [0.717, 1.165) is 29.8 Å². The largest absolute Gasteiger partial charge is 0.595 e. The molecule has 3 heterocycles. The molecule has 0 radical (unpaired) electrons. The van der Waals surface area contributed by atoms with E-state index in [9.17, 15) is 25.1 Å². The molecule has 0 saturated carbocycles. The van der Waals surface area contributed by atoms with Gasteiger partial charge in [0.05, 0.1) is 32.4 Å². The van der Waals surface area contributed by atoms with E-state index in [1.165, 1.54) is 29.8 Å². The third-order valence-corrected chi connectivity index (χ3v) is 11.1. The summed E-state index contributed by atoms with van der Waals surface area (Å²) in [5.74, 6) is 0.277. The number of hydrogen-bond acceptors (Lipinski definition) is 8. The van der Waals surface area contributed by atoms with Gasteiger partial charge < -0.3 is 34.2 Å². The highest BCUT2D eigenvalue weighted by atomic mass is 16.8. The summed E-state index contributed by atoms with van der Waals surface area (Å²) in [4.78, 5) is 35.5. The fourth-order valence-corrected chi connectivity index (χ4v) is 7.76. The number of benzene rings is 4. The van der Waals surface area contributed by atoms with E-state index in [-0.39, 0.29) is 35.8 Å². The molecule has 1 aromatic heterocycles. The number of anilines is 1. The van der Waals surface area contributed by atoms with Gasteiger partial charge in [0.15, 0.2) is 5.69 Å². The Hall–Kier alpha value is -5.50. The summed E-state index contributed by atoms with van der Waals surface area (Å²) >= 11 is 0. The maximum atomic E-state index is 14.9. The molecule has 1 saturated heterocycles. The Bertz CT molecular complexity index is 2190. The number of hydrogen-bond donors (Lipinski definition) is 3. The van der Waals surface area contributed by atoms with Crippen LogP contribution >= 0.6 is 0 Å². The van der Waals surface area contributed by atoms with Crippen LogP contribution < -0.4 is 14.9 Å². The molecule has 1 unspecified atom stereocenters. The smallest absolute Gasteiger partial charge is 0.260 e. The van der Waals surface area contributed by atoms with E-state index in [0.29, 0.717) is 72.2 Å². The quantitative estimate of drug-likeness (QED) is 0.167. The number of nitrogens with zero attached hydrogens (tertiary/aromatic N) is 4. The molecule has 0 bridgehead atoms. The van der Waals surface area contributed by atoms with Crippen molar-refractivity contribution in [2.24, 2.45) is 7.05 Å². The van der Waals surface area contributed by atoms with Crippen LogP contribution in [0.4, 0.5) is 11.4 Å². The van der Waals surface area contributed by atoms with Crippen LogP contribution in [0, 0.1) is 19.1 Å². The molecule has 2 atom stereocenters. The Kier molecular flexibility index (Phi) is 11.0. The predicted octanol–water partition coefficient (Wildman–Crippen LogP) is 5.17. The van der Waals surface area contributed by atoms with Crippen LogP contribution in [0.5, 0.6) is 11.5 Å². The highest BCUT2D eigenvalue weighted by Crippen LogP contribution is 2.35. The van der Waals surface area contributed by atoms with Crippen molar-refractivity contribution in [1.82, 2.24) is 14.4 Å². The summed E-state index contributed by atoms with van der Waals surface area (Å²) in [5.41, 5.74) is 7.05. The van der Waals surface area contributed by atoms with Gasteiger partial charge >= 0.3 is 0 Å². The van der Waals surface area contributed by atoms with Gasteiger partial charge in [-0.05, 0) is 85.0 Å². The molecule has 2 amide bonds. The van der Waals surface area contributed by atoms with Crippen LogP contribution in [-0.4, -0.2) is 82.5 Å². The molecule has 5 aromatic rings. The number of quaternary nitrogens is 1. The Morgan fingerprint density at radius 1 is 0.945 bits per heavy atom. The lowest BCUT2D eigenvalue weighted by atomic mass is 9.92. The van der Waals surface area contributed by atoms with Gasteiger partial charge in [0.1, 0.15) is 11.5 Å². The number of nitrogens with one attached hydrogen (secondary N) is 1. The lowest BCUT2D eigenvalue weighted by Gasteiger charge is -2.40. The zero-order valence-corrected chi connectivity index (χ0v) is 31.6. The predicted molar refractivity (Wildman–Crippen MR) is 209 cm³/mol. The third kappa shape index (κ3) is 7.73. The molecule has 0 spiro atoms. The van der Waals surface area contributed by atoms with Gasteiger partial charge in [-0.3, -0.25) is 14.5 Å². The molecule has 55 heavy (non-hydrogen) atoms. The number of amides is 2. The highest BCUT2D eigenvalue weighted by molar-refractivity contribution is 6.08. The van der Waals surface area contributed by atoms with E-state index >= 15 is 0 Å². The molecular weight excluding hydrogens is 699 g/mol. The Labute approximate surface area is 320 Å². The van der Waals surface area contributed by atoms with E-state index in [1.54, 1.807) is 36.3 Å². The Morgan fingerprint density at radius 2 is 1.67 bits per heavy atom. The monoisotopic (exact) mass is 745 g/mol. The fourth-order valence-electron chi connectivity index (χ4n) is 7.76. The minimum absolute atomic E-state index is 0.0337. The number of aromatic nitrogens is 1. The summed E-state index contributed by atoms with van der Waals surface area (Å²) in [7, 11) is 3.43. The van der Waals surface area contributed by atoms with E-state index in [1.807, 2.05) is 60.7 Å². The van der Waals surface area contributed by atoms with Crippen LogP contribution in [0.15, 0.2) is 91.0 Å². The summed E-state index contributed by atoms with van der Waals surface area (Å²) in [6.07, 6.45) is 0.698. The van der Waals surface area contributed by atoms with E-state index < -0.39 is 5.23 Å². The van der Waals surface area contributed by atoms with E-state index in [2.05, 4.69) is 17.0 Å². The van der Waals surface area contributed by atoms with Crippen LogP contribution in [0.25, 0.3) is 11.3 Å². The van der Waals surface area contributed by atoms with Crippen LogP contribution in [-0.2, 0) is 31.3 Å². The minimum atomic E-state index is -1.12. The first-order valence-corrected chi connectivity index (χ1v) is 18.5. The Balaban J connectivity index is 1.29. The van der Waals surface area contributed by atoms with Gasteiger partial charge in [-0.15, -0.1) is 0 Å². The van der Waals surface area contributed by atoms with Crippen molar-refractivity contribution in [3.63, 3.8) is 0 Å². The van der Waals surface area contributed by atoms with Crippen molar-refractivity contribution in [2.45, 2.75) is 39.4 Å². The SMILES string of the molecule is COc1cccc(CN(C(=O)c2cc(-c3cc([NH+]([O-])O)ccc3C(=O)N3Cc4ccccc4C[C@H]3CN3CCOCC3)n(C)c2C)c2ccc(O)cc2)c1C. The molecule has 12 nitrogen and oxygen atoms in total. The molecule has 12 heteroatoms. The first-order valence-electron chi connectivity index (χ1n) is 18.5. The van der Waals surface area contributed by atoms with Gasteiger partial charge in [0.25, 0.3) is 11.8 Å². The van der Waals surface area contributed by atoms with Gasteiger partial charge in [0, 0.05) is 79.6 Å². The molecule has 7 rings (SSSR count). The molecule has 4 aromatic carbocycles. The zero-order valence-electron chi connectivity index (χ0n) is 31.6. The van der Waals surface area contributed by atoms with Crippen LogP contribution in [0.1, 0.15) is 48.7 Å². The molecule has 0 aliphatic carbocycles. The number of morpholine rings is 1. The second kappa shape index (κ2) is 16.1. The molecular formula is C43H47N5O7. The number of fused-ring (bicyclic) bond motifs is 1. The normalized spacial score (nSPS) is 16.4. The van der Waals surface area contributed by atoms with Crippen molar-refractivity contribution < 1.29 is 34.6 Å². The van der Waals surface area contributed by atoms with Crippen molar-refractivity contribution in [3.05, 3.63) is 135 Å². The number of carbonyl (C=O) groups excluding carboxylic acids is 2. The highest BCUT2D eigenvalue weighted by Gasteiger charge is 2.34. The maximum Gasteiger partial charge on any atom is 0.260 e. The molecule has 3 N–H and O–H groups in total. The number of phenols is 1. The molecule has 2 aliphatic rings. The number of rotatable bonds is 10. The standard InChI is InChI=1S/C43H47N5O7/c1-28-31(10-7-11-41(28)54-4)25-46(33-12-15-36(49)16-13-33)43(51)38-24-40(44(3)29(38)2)39-23-34(48(52)53)14-17-37(39)42(50)47-26-32-9-6-5-8-30(32)22-35(47)27-45-18-20-55-21-19-45/h5-17,23-24,35,48-49,52H,18-22,25-27H2,1-4H3/t35-/m0/s1. The fraction of sp³-hybridized carbons (Fsp3) is 0.302. The van der Waals surface area contributed by atoms with Gasteiger partial charge in [0.2, 0.25) is 0 Å². The summed E-state index contributed by atoms with van der Waals surface area (Å²) in [6.45, 7) is 7.98. The van der Waals surface area contributed by atoms with Crippen molar-refractivity contribution in [1.29, 1.82) is 0 Å². The van der Waals surface area contributed by atoms with Crippen LogP contribution in [0.3, 0.4) is 0 Å². The molecule has 2 aliphatic heterocycles. The molecule has 1 fully saturated rings. The third-order valence-electron chi connectivity index (χ3n) is 11.1. The average Bonchev–Trinajstić information content (AvgIpc) is 3.50. The lowest BCUT2D eigenvalue weighted by Crippen LogP contribution is -2.99. The minimum Gasteiger partial charge on any atom is -0.595 e. The van der Waals surface area contributed by atoms with Gasteiger partial charge in [-0.1, -0.05) is 36.4 Å². The second-order valence-electron chi connectivity index (χ2n) is 14.3. The van der Waals surface area contributed by atoms with Gasteiger partial charge in [-0.2, -0.15) is 5.23 Å². The van der Waals surface area contributed by atoms with Crippen molar-refractivity contribution >= 4 is 23.2 Å². The first-order chi connectivity index (χ1) is 26.5. The summed E-state index contributed by atoms with van der Waals surface area (Å²) < 4.78 is 13.0. The Morgan fingerprint density at radius 3 is 2.38 bits per heavy atom. The number of carbonyl (C=O) groups is 2. The number of ether oxygens (including phenoxy) is 2. The zero-order chi connectivity index (χ0) is 38.8. The lowest BCUT2D eigenvalue weighted by molar-refractivity contribution is -0.991. The van der Waals surface area contributed by atoms with E-state index in [4.69, 9.17) is 9.47 Å². The first kappa shape index (κ1) is 37.8. The molecule has 286 valence electrons. The van der Waals surface area contributed by atoms with Crippen LogP contribution in [0.2, 0.25) is 0 Å². The average molecular weight is 746 g/mol. The topological polar surface area (TPSA) is 135 Å². The second-order valence-corrected chi connectivity index (χ2v) is 14.3. The van der Waals surface area contributed by atoms with Crippen molar-refractivity contribution in [3.8, 4) is 22.8 Å². The summed E-state index contributed by atoms with van der Waals surface area (Å²) in [5, 5.41) is 31.4. The number of aromatic hydroxyl groups is 1. The maximum absolute atomic E-state index is 14.9. The van der Waals surface area contributed by atoms with Crippen molar-refractivity contribution in [2.75, 3.05) is 44.9 Å².